The van der Waals surface area contributed by atoms with Crippen LogP contribution in [0, 0.1) is 11.3 Å². The van der Waals surface area contributed by atoms with Gasteiger partial charge in [0.2, 0.25) is 5.95 Å². The van der Waals surface area contributed by atoms with Gasteiger partial charge in [-0.3, -0.25) is 0 Å². The van der Waals surface area contributed by atoms with Crippen molar-refractivity contribution < 1.29 is 0 Å². The number of fused-ring (bicyclic) bond motifs is 1. The van der Waals surface area contributed by atoms with Crippen molar-refractivity contribution in [2.45, 2.75) is 52.5 Å². The summed E-state index contributed by atoms with van der Waals surface area (Å²) >= 11 is 0. The van der Waals surface area contributed by atoms with Crippen LogP contribution in [0.15, 0.2) is 30.5 Å². The lowest BCUT2D eigenvalue weighted by Gasteiger charge is -2.37. The monoisotopic (exact) mass is 283 g/mol. The molecule has 0 aliphatic heterocycles. The van der Waals surface area contributed by atoms with E-state index in [1.165, 1.54) is 25.7 Å². The molecule has 1 aliphatic carbocycles. The Morgan fingerprint density at radius 3 is 2.48 bits per heavy atom. The number of hydrogen-bond donors (Lipinski definition) is 1. The summed E-state index contributed by atoms with van der Waals surface area (Å²) in [4.78, 5) is 9.06. The van der Waals surface area contributed by atoms with Gasteiger partial charge in [-0.15, -0.1) is 0 Å². The van der Waals surface area contributed by atoms with Gasteiger partial charge >= 0.3 is 0 Å². The molecule has 1 saturated carbocycles. The number of hydrogen-bond acceptors (Lipinski definition) is 3. The van der Waals surface area contributed by atoms with Crippen molar-refractivity contribution in [2.24, 2.45) is 11.3 Å². The third kappa shape index (κ3) is 3.34. The van der Waals surface area contributed by atoms with Crippen molar-refractivity contribution in [3.63, 3.8) is 0 Å². The summed E-state index contributed by atoms with van der Waals surface area (Å²) in [5.74, 6) is 1.61. The summed E-state index contributed by atoms with van der Waals surface area (Å²) in [5, 5.41) is 4.62. The van der Waals surface area contributed by atoms with Gasteiger partial charge in [0.25, 0.3) is 0 Å². The minimum atomic E-state index is 0.435. The SMILES string of the molecule is CC(C)(C)C1CCC(Nc2ncc3ccccc3n2)CC1. The summed E-state index contributed by atoms with van der Waals surface area (Å²) in [7, 11) is 0. The largest absolute Gasteiger partial charge is 0.351 e. The third-order valence-electron chi connectivity index (χ3n) is 4.77. The van der Waals surface area contributed by atoms with Gasteiger partial charge in [0.05, 0.1) is 5.52 Å². The Bertz CT molecular complexity index is 607. The van der Waals surface area contributed by atoms with E-state index < -0.39 is 0 Å². The predicted octanol–water partition coefficient (Wildman–Crippen LogP) is 4.65. The quantitative estimate of drug-likeness (QED) is 0.872. The highest BCUT2D eigenvalue weighted by atomic mass is 15.1. The van der Waals surface area contributed by atoms with Gasteiger partial charge in [-0.25, -0.2) is 9.97 Å². The minimum absolute atomic E-state index is 0.435. The van der Waals surface area contributed by atoms with Crippen molar-refractivity contribution in [1.29, 1.82) is 0 Å². The molecule has 0 radical (unpaired) electrons. The first-order valence-electron chi connectivity index (χ1n) is 8.01. The van der Waals surface area contributed by atoms with E-state index >= 15 is 0 Å². The molecule has 0 spiro atoms. The van der Waals surface area contributed by atoms with E-state index in [-0.39, 0.29) is 0 Å². The van der Waals surface area contributed by atoms with E-state index in [4.69, 9.17) is 0 Å². The van der Waals surface area contributed by atoms with Crippen LogP contribution in [0.1, 0.15) is 46.5 Å². The zero-order valence-electron chi connectivity index (χ0n) is 13.3. The predicted molar refractivity (Wildman–Crippen MR) is 88.4 cm³/mol. The van der Waals surface area contributed by atoms with E-state index in [9.17, 15) is 0 Å². The van der Waals surface area contributed by atoms with E-state index in [2.05, 4.69) is 36.1 Å². The number of para-hydroxylation sites is 1. The molecule has 21 heavy (non-hydrogen) atoms. The lowest BCUT2D eigenvalue weighted by molar-refractivity contribution is 0.173. The molecule has 0 saturated heterocycles. The van der Waals surface area contributed by atoms with Gasteiger partial charge in [-0.1, -0.05) is 39.0 Å². The Hall–Kier alpha value is -1.64. The number of benzene rings is 1. The Kier molecular flexibility index (Phi) is 3.83. The molecular formula is C18H25N3. The van der Waals surface area contributed by atoms with Gasteiger partial charge < -0.3 is 5.32 Å². The molecule has 3 heteroatoms. The maximum Gasteiger partial charge on any atom is 0.223 e. The third-order valence-corrected chi connectivity index (χ3v) is 4.77. The van der Waals surface area contributed by atoms with Gasteiger partial charge in [0.1, 0.15) is 0 Å². The molecule has 1 heterocycles. The zero-order chi connectivity index (χ0) is 14.9. The van der Waals surface area contributed by atoms with Crippen LogP contribution in [-0.2, 0) is 0 Å². The van der Waals surface area contributed by atoms with Crippen molar-refractivity contribution in [2.75, 3.05) is 5.32 Å². The maximum atomic E-state index is 4.61. The molecule has 3 rings (SSSR count). The molecule has 0 atom stereocenters. The first-order valence-corrected chi connectivity index (χ1v) is 8.01. The summed E-state index contributed by atoms with van der Waals surface area (Å²) < 4.78 is 0. The van der Waals surface area contributed by atoms with Crippen LogP contribution in [-0.4, -0.2) is 16.0 Å². The molecular weight excluding hydrogens is 258 g/mol. The second-order valence-corrected chi connectivity index (χ2v) is 7.31. The van der Waals surface area contributed by atoms with E-state index in [1.54, 1.807) is 0 Å². The first-order chi connectivity index (χ1) is 10.0. The molecule has 112 valence electrons. The smallest absolute Gasteiger partial charge is 0.223 e. The summed E-state index contributed by atoms with van der Waals surface area (Å²) in [6.45, 7) is 7.08. The van der Waals surface area contributed by atoms with E-state index in [0.29, 0.717) is 11.5 Å². The van der Waals surface area contributed by atoms with Crippen LogP contribution in [0.3, 0.4) is 0 Å². The van der Waals surface area contributed by atoms with Crippen molar-refractivity contribution in [3.05, 3.63) is 30.5 Å². The summed E-state index contributed by atoms with van der Waals surface area (Å²) in [5.41, 5.74) is 1.45. The second-order valence-electron chi connectivity index (χ2n) is 7.31. The Balaban J connectivity index is 1.64. The second kappa shape index (κ2) is 5.63. The molecule has 0 amide bonds. The van der Waals surface area contributed by atoms with Crippen LogP contribution in [0.2, 0.25) is 0 Å². The van der Waals surface area contributed by atoms with E-state index in [0.717, 1.165) is 22.8 Å². The number of rotatable bonds is 2. The molecule has 1 N–H and O–H groups in total. The molecule has 1 aromatic carbocycles. The average molecular weight is 283 g/mol. The average Bonchev–Trinajstić information content (AvgIpc) is 2.47. The van der Waals surface area contributed by atoms with Crippen LogP contribution >= 0.6 is 0 Å². The van der Waals surface area contributed by atoms with Gasteiger partial charge in [0, 0.05) is 17.6 Å². The molecule has 0 bridgehead atoms. The maximum absolute atomic E-state index is 4.61. The molecule has 3 nitrogen and oxygen atoms in total. The standard InChI is InChI=1S/C18H25N3/c1-18(2,3)14-8-10-15(11-9-14)20-17-19-12-13-6-4-5-7-16(13)21-17/h4-7,12,14-15H,8-11H2,1-3H3,(H,19,20,21). The first kappa shape index (κ1) is 14.3. The van der Waals surface area contributed by atoms with Crippen LogP contribution in [0.4, 0.5) is 5.95 Å². The number of anilines is 1. The Morgan fingerprint density at radius 1 is 1.05 bits per heavy atom. The molecule has 1 fully saturated rings. The fraction of sp³-hybridized carbons (Fsp3) is 0.556. The Labute approximate surface area is 127 Å². The fourth-order valence-electron chi connectivity index (χ4n) is 3.33. The normalized spacial score (nSPS) is 23.2. The lowest BCUT2D eigenvalue weighted by atomic mass is 9.71. The lowest BCUT2D eigenvalue weighted by Crippen LogP contribution is -2.32. The molecule has 1 aromatic heterocycles. The molecule has 2 aromatic rings. The highest BCUT2D eigenvalue weighted by Gasteiger charge is 2.29. The summed E-state index contributed by atoms with van der Waals surface area (Å²) in [6.07, 6.45) is 6.95. The van der Waals surface area contributed by atoms with Crippen LogP contribution in [0.5, 0.6) is 0 Å². The number of aromatic nitrogens is 2. The molecule has 0 unspecified atom stereocenters. The Morgan fingerprint density at radius 2 is 1.76 bits per heavy atom. The van der Waals surface area contributed by atoms with Crippen molar-refractivity contribution in [3.8, 4) is 0 Å². The van der Waals surface area contributed by atoms with E-state index in [1.807, 2.05) is 30.5 Å². The van der Waals surface area contributed by atoms with Crippen molar-refractivity contribution >= 4 is 16.9 Å². The highest BCUT2D eigenvalue weighted by molar-refractivity contribution is 5.78. The number of nitrogens with zero attached hydrogens (tertiary/aromatic N) is 2. The minimum Gasteiger partial charge on any atom is -0.351 e. The fourth-order valence-corrected chi connectivity index (χ4v) is 3.33. The van der Waals surface area contributed by atoms with Crippen molar-refractivity contribution in [1.82, 2.24) is 9.97 Å². The van der Waals surface area contributed by atoms with Gasteiger partial charge in [-0.2, -0.15) is 0 Å². The topological polar surface area (TPSA) is 37.8 Å². The van der Waals surface area contributed by atoms with Gasteiger partial charge in [0.15, 0.2) is 0 Å². The molecule has 1 aliphatic rings. The zero-order valence-corrected chi connectivity index (χ0v) is 13.3. The van der Waals surface area contributed by atoms with Crippen LogP contribution < -0.4 is 5.32 Å². The number of nitrogens with one attached hydrogen (secondary N) is 1. The summed E-state index contributed by atoms with van der Waals surface area (Å²) in [6, 6.07) is 8.65. The van der Waals surface area contributed by atoms with Gasteiger partial charge in [-0.05, 0) is 43.1 Å². The highest BCUT2D eigenvalue weighted by Crippen LogP contribution is 2.38. The van der Waals surface area contributed by atoms with Crippen LogP contribution in [0.25, 0.3) is 10.9 Å².